The first-order valence-corrected chi connectivity index (χ1v) is 6.79. The molecule has 7 N–H and O–H groups in total. The second-order valence-corrected chi connectivity index (χ2v) is 5.76. The Labute approximate surface area is 119 Å². The van der Waals surface area contributed by atoms with Gasteiger partial charge in [0.25, 0.3) is 5.12 Å². The molecule has 1 aliphatic heterocycles. The van der Waals surface area contributed by atoms with Crippen LogP contribution in [0.25, 0.3) is 0 Å². The summed E-state index contributed by atoms with van der Waals surface area (Å²) in [7, 11) is 0. The lowest BCUT2D eigenvalue weighted by Crippen LogP contribution is -2.63. The maximum absolute atomic E-state index is 10.4. The van der Waals surface area contributed by atoms with Gasteiger partial charge in [0.15, 0.2) is 0 Å². The third kappa shape index (κ3) is 2.77. The zero-order valence-electron chi connectivity index (χ0n) is 10.5. The second kappa shape index (κ2) is 5.86. The Morgan fingerprint density at radius 1 is 1.20 bits per heavy atom. The van der Waals surface area contributed by atoms with Crippen molar-refractivity contribution in [2.45, 2.75) is 34.4 Å². The number of ether oxygens (including phenoxy) is 1. The van der Waals surface area contributed by atoms with Crippen molar-refractivity contribution in [1.82, 2.24) is 0 Å². The van der Waals surface area contributed by atoms with E-state index >= 15 is 0 Å². The van der Waals surface area contributed by atoms with Crippen LogP contribution in [0.4, 0.5) is 5.69 Å². The maximum Gasteiger partial charge on any atom is 0.250 e. The number of nitrogen functional groups attached to an aromatic ring is 1. The minimum Gasteiger partial charge on any atom is -0.398 e. The Hall–Kier alpha value is -0.870. The van der Waals surface area contributed by atoms with E-state index in [0.717, 1.165) is 0 Å². The summed E-state index contributed by atoms with van der Waals surface area (Å²) >= 11 is 0.703. The third-order valence-electron chi connectivity index (χ3n) is 3.10. The molecule has 2 rings (SSSR count). The van der Waals surface area contributed by atoms with Gasteiger partial charge in [0.05, 0.1) is 6.61 Å². The first-order chi connectivity index (χ1) is 9.39. The number of nitrogens with two attached hydrogens (primary N) is 1. The predicted octanol–water partition coefficient (Wildman–Crippen LogP) is -1.52. The van der Waals surface area contributed by atoms with Gasteiger partial charge < -0.3 is 36.0 Å². The van der Waals surface area contributed by atoms with E-state index in [1.807, 2.05) is 0 Å². The SMILES string of the molecule is Nc1ccccc1S[C@]1(O)O[C@@H](CO)[C@@H](O)[C@@H](O)[C@@H]1O. The summed E-state index contributed by atoms with van der Waals surface area (Å²) in [5.74, 6) is 0. The molecule has 0 saturated carbocycles. The van der Waals surface area contributed by atoms with E-state index in [9.17, 15) is 20.4 Å². The highest BCUT2D eigenvalue weighted by atomic mass is 32.2. The van der Waals surface area contributed by atoms with Crippen molar-refractivity contribution in [2.75, 3.05) is 12.3 Å². The molecule has 1 aromatic carbocycles. The molecule has 112 valence electrons. The van der Waals surface area contributed by atoms with Gasteiger partial charge in [-0.05, 0) is 12.1 Å². The highest BCUT2D eigenvalue weighted by Gasteiger charge is 2.53. The van der Waals surface area contributed by atoms with Crippen molar-refractivity contribution in [2.24, 2.45) is 0 Å². The smallest absolute Gasteiger partial charge is 0.250 e. The van der Waals surface area contributed by atoms with Crippen LogP contribution in [0, 0.1) is 0 Å². The van der Waals surface area contributed by atoms with E-state index in [-0.39, 0.29) is 0 Å². The van der Waals surface area contributed by atoms with Gasteiger partial charge in [0, 0.05) is 10.6 Å². The number of anilines is 1. The number of thioether (sulfide) groups is 1. The van der Waals surface area contributed by atoms with E-state index < -0.39 is 36.1 Å². The van der Waals surface area contributed by atoms with Crippen LogP contribution < -0.4 is 5.73 Å². The minimum absolute atomic E-state index is 0.364. The summed E-state index contributed by atoms with van der Waals surface area (Å²) in [4.78, 5) is 0.439. The fourth-order valence-electron chi connectivity index (χ4n) is 1.94. The number of rotatable bonds is 3. The number of para-hydroxylation sites is 1. The lowest BCUT2D eigenvalue weighted by atomic mass is 9.99. The van der Waals surface area contributed by atoms with Crippen LogP contribution in [0.2, 0.25) is 0 Å². The van der Waals surface area contributed by atoms with E-state index in [0.29, 0.717) is 22.3 Å². The van der Waals surface area contributed by atoms with E-state index in [2.05, 4.69) is 0 Å². The maximum atomic E-state index is 10.4. The quantitative estimate of drug-likeness (QED) is 0.293. The first-order valence-electron chi connectivity index (χ1n) is 5.98. The summed E-state index contributed by atoms with van der Waals surface area (Å²) in [6.45, 7) is -0.613. The van der Waals surface area contributed by atoms with E-state index in [1.54, 1.807) is 24.3 Å². The van der Waals surface area contributed by atoms with Crippen molar-refractivity contribution in [3.05, 3.63) is 24.3 Å². The molecule has 8 heteroatoms. The van der Waals surface area contributed by atoms with Gasteiger partial charge in [-0.1, -0.05) is 23.9 Å². The fraction of sp³-hybridized carbons (Fsp3) is 0.500. The standard InChI is InChI=1S/C12H17NO6S/c13-6-3-1-2-4-8(6)20-12(18)11(17)10(16)9(15)7(5-14)19-12/h1-4,7,9-11,14-18H,5,13H2/t7-,9+,10+,11-,12+/m0/s1. The monoisotopic (exact) mass is 303 g/mol. The topological polar surface area (TPSA) is 136 Å². The Morgan fingerprint density at radius 2 is 1.85 bits per heavy atom. The summed E-state index contributed by atoms with van der Waals surface area (Å²) < 4.78 is 5.13. The average molecular weight is 303 g/mol. The molecule has 0 aliphatic carbocycles. The molecule has 0 bridgehead atoms. The molecule has 0 unspecified atom stereocenters. The Morgan fingerprint density at radius 3 is 2.45 bits per heavy atom. The van der Waals surface area contributed by atoms with Crippen molar-refractivity contribution in [1.29, 1.82) is 0 Å². The third-order valence-corrected chi connectivity index (χ3v) is 4.33. The van der Waals surface area contributed by atoms with Crippen molar-refractivity contribution in [3.8, 4) is 0 Å². The van der Waals surface area contributed by atoms with Crippen LogP contribution in [0.3, 0.4) is 0 Å². The van der Waals surface area contributed by atoms with E-state index in [4.69, 9.17) is 15.6 Å². The van der Waals surface area contributed by atoms with Crippen molar-refractivity contribution in [3.63, 3.8) is 0 Å². The fourth-order valence-corrected chi connectivity index (χ4v) is 3.02. The number of benzene rings is 1. The molecule has 1 heterocycles. The number of aliphatic hydroxyl groups excluding tert-OH is 4. The summed E-state index contributed by atoms with van der Waals surface area (Å²) in [6, 6.07) is 6.61. The molecule has 20 heavy (non-hydrogen) atoms. The zero-order chi connectivity index (χ0) is 14.9. The number of hydrogen-bond donors (Lipinski definition) is 6. The van der Waals surface area contributed by atoms with Gasteiger partial charge in [-0.2, -0.15) is 0 Å². The molecule has 0 amide bonds. The molecular weight excluding hydrogens is 286 g/mol. The largest absolute Gasteiger partial charge is 0.398 e. The lowest BCUT2D eigenvalue weighted by Gasteiger charge is -2.44. The highest BCUT2D eigenvalue weighted by molar-refractivity contribution is 8.00. The van der Waals surface area contributed by atoms with Gasteiger partial charge in [-0.15, -0.1) is 0 Å². The number of aliphatic hydroxyl groups is 5. The lowest BCUT2D eigenvalue weighted by molar-refractivity contribution is -0.305. The van der Waals surface area contributed by atoms with Gasteiger partial charge >= 0.3 is 0 Å². The zero-order valence-corrected chi connectivity index (χ0v) is 11.3. The molecule has 0 spiro atoms. The normalized spacial score (nSPS) is 37.9. The second-order valence-electron chi connectivity index (χ2n) is 4.54. The van der Waals surface area contributed by atoms with Crippen molar-refractivity contribution >= 4 is 17.4 Å². The minimum atomic E-state index is -2.22. The van der Waals surface area contributed by atoms with Crippen molar-refractivity contribution < 1.29 is 30.3 Å². The molecule has 1 saturated heterocycles. The molecule has 1 aromatic rings. The van der Waals surface area contributed by atoms with Gasteiger partial charge in [0.2, 0.25) is 0 Å². The van der Waals surface area contributed by atoms with Crippen LogP contribution in [0.5, 0.6) is 0 Å². The van der Waals surface area contributed by atoms with Crippen LogP contribution >= 0.6 is 11.8 Å². The molecule has 0 aromatic heterocycles. The summed E-state index contributed by atoms with van der Waals surface area (Å²) in [5.41, 5.74) is 6.10. The van der Waals surface area contributed by atoms with Crippen LogP contribution in [0.1, 0.15) is 0 Å². The number of hydrogen-bond acceptors (Lipinski definition) is 8. The summed E-state index contributed by atoms with van der Waals surface area (Å²) in [5, 5.41) is 46.5. The van der Waals surface area contributed by atoms with Gasteiger partial charge in [-0.3, -0.25) is 0 Å². The van der Waals surface area contributed by atoms with Crippen LogP contribution in [-0.2, 0) is 4.74 Å². The Bertz CT molecular complexity index is 473. The molecular formula is C12H17NO6S. The van der Waals surface area contributed by atoms with E-state index in [1.165, 1.54) is 0 Å². The summed E-state index contributed by atoms with van der Waals surface area (Å²) in [6.07, 6.45) is -6.12. The highest BCUT2D eigenvalue weighted by Crippen LogP contribution is 2.42. The average Bonchev–Trinajstić information content (AvgIpc) is 2.43. The van der Waals surface area contributed by atoms with Crippen LogP contribution in [0.15, 0.2) is 29.2 Å². The Balaban J connectivity index is 2.26. The molecule has 1 aliphatic rings. The predicted molar refractivity (Wildman–Crippen MR) is 71.6 cm³/mol. The van der Waals surface area contributed by atoms with Gasteiger partial charge in [0.1, 0.15) is 24.4 Å². The molecule has 1 fully saturated rings. The van der Waals surface area contributed by atoms with Gasteiger partial charge in [-0.25, -0.2) is 0 Å². The first kappa shape index (κ1) is 15.5. The Kier molecular flexibility index (Phi) is 4.55. The molecule has 0 radical (unpaired) electrons. The molecule has 5 atom stereocenters. The molecule has 7 nitrogen and oxygen atoms in total. The van der Waals surface area contributed by atoms with Crippen LogP contribution in [-0.4, -0.2) is 61.7 Å².